The first-order chi connectivity index (χ1) is 7.11. The summed E-state index contributed by atoms with van der Waals surface area (Å²) in [5, 5.41) is 9.70. The third kappa shape index (κ3) is 3.90. The molecule has 0 fully saturated rings. The van der Waals surface area contributed by atoms with E-state index in [1.165, 1.54) is 0 Å². The van der Waals surface area contributed by atoms with Crippen molar-refractivity contribution in [2.24, 2.45) is 11.7 Å². The summed E-state index contributed by atoms with van der Waals surface area (Å²) >= 11 is 0. The van der Waals surface area contributed by atoms with Crippen LogP contribution in [0.5, 0.6) is 5.75 Å². The Hall–Kier alpha value is -1.06. The summed E-state index contributed by atoms with van der Waals surface area (Å²) in [6, 6.07) is 9.17. The van der Waals surface area contributed by atoms with Crippen LogP contribution in [0.15, 0.2) is 30.3 Å². The average molecular weight is 209 g/mol. The van der Waals surface area contributed by atoms with E-state index in [2.05, 4.69) is 0 Å². The molecule has 0 spiro atoms. The van der Waals surface area contributed by atoms with Crippen molar-refractivity contribution in [3.63, 3.8) is 0 Å². The molecule has 3 N–H and O–H groups in total. The molecule has 0 radical (unpaired) electrons. The number of hydrogen-bond acceptors (Lipinski definition) is 3. The summed E-state index contributed by atoms with van der Waals surface area (Å²) < 4.78 is 5.41. The topological polar surface area (TPSA) is 55.5 Å². The zero-order valence-corrected chi connectivity index (χ0v) is 9.26. The van der Waals surface area contributed by atoms with E-state index in [0.29, 0.717) is 0 Å². The summed E-state index contributed by atoms with van der Waals surface area (Å²) in [5.74, 6) is 1.01. The smallest absolute Gasteiger partial charge is 0.119 e. The number of benzene rings is 1. The molecule has 3 nitrogen and oxygen atoms in total. The SMILES string of the molecule is CC(C)C(N)C(O)COc1ccccc1. The highest BCUT2D eigenvalue weighted by molar-refractivity contribution is 5.20. The zero-order valence-electron chi connectivity index (χ0n) is 9.26. The second-order valence-electron chi connectivity index (χ2n) is 4.01. The second-order valence-corrected chi connectivity index (χ2v) is 4.01. The Morgan fingerprint density at radius 2 is 1.87 bits per heavy atom. The molecule has 0 aliphatic carbocycles. The number of aliphatic hydroxyl groups excluding tert-OH is 1. The van der Waals surface area contributed by atoms with Gasteiger partial charge in [-0.05, 0) is 18.1 Å². The molecule has 3 heteroatoms. The quantitative estimate of drug-likeness (QED) is 0.771. The minimum absolute atomic E-state index is 0.239. The minimum atomic E-state index is -0.620. The lowest BCUT2D eigenvalue weighted by atomic mass is 10.0. The van der Waals surface area contributed by atoms with Crippen molar-refractivity contribution in [2.75, 3.05) is 6.61 Å². The van der Waals surface area contributed by atoms with E-state index in [1.807, 2.05) is 44.2 Å². The van der Waals surface area contributed by atoms with Crippen LogP contribution in [-0.2, 0) is 0 Å². The lowest BCUT2D eigenvalue weighted by molar-refractivity contribution is 0.0715. The average Bonchev–Trinajstić information content (AvgIpc) is 2.26. The molecule has 0 saturated heterocycles. The molecule has 0 aromatic heterocycles. The van der Waals surface area contributed by atoms with E-state index >= 15 is 0 Å². The van der Waals surface area contributed by atoms with Crippen LogP contribution in [0.25, 0.3) is 0 Å². The van der Waals surface area contributed by atoms with Gasteiger partial charge in [-0.15, -0.1) is 0 Å². The summed E-state index contributed by atoms with van der Waals surface area (Å²) in [4.78, 5) is 0. The van der Waals surface area contributed by atoms with Crippen LogP contribution in [0, 0.1) is 5.92 Å². The van der Waals surface area contributed by atoms with Gasteiger partial charge in [0.25, 0.3) is 0 Å². The van der Waals surface area contributed by atoms with Crippen LogP contribution < -0.4 is 10.5 Å². The fourth-order valence-electron chi connectivity index (χ4n) is 1.25. The van der Waals surface area contributed by atoms with Gasteiger partial charge in [0.15, 0.2) is 0 Å². The highest BCUT2D eigenvalue weighted by Crippen LogP contribution is 2.10. The summed E-state index contributed by atoms with van der Waals surface area (Å²) in [7, 11) is 0. The van der Waals surface area contributed by atoms with Gasteiger partial charge in [-0.1, -0.05) is 32.0 Å². The van der Waals surface area contributed by atoms with E-state index in [4.69, 9.17) is 10.5 Å². The summed E-state index contributed by atoms with van der Waals surface area (Å²) in [6.45, 7) is 4.20. The number of hydrogen-bond donors (Lipinski definition) is 2. The third-order valence-electron chi connectivity index (χ3n) is 2.38. The normalized spacial score (nSPS) is 15.0. The van der Waals surface area contributed by atoms with Gasteiger partial charge in [0, 0.05) is 6.04 Å². The second kappa shape index (κ2) is 5.73. The molecule has 1 aromatic rings. The number of para-hydroxylation sites is 1. The lowest BCUT2D eigenvalue weighted by Crippen LogP contribution is -2.42. The number of ether oxygens (including phenoxy) is 1. The van der Waals surface area contributed by atoms with Crippen molar-refractivity contribution in [3.05, 3.63) is 30.3 Å². The van der Waals surface area contributed by atoms with Crippen LogP contribution in [0.1, 0.15) is 13.8 Å². The van der Waals surface area contributed by atoms with Crippen molar-refractivity contribution < 1.29 is 9.84 Å². The maximum absolute atomic E-state index is 9.70. The lowest BCUT2D eigenvalue weighted by Gasteiger charge is -2.22. The molecule has 2 atom stereocenters. The van der Waals surface area contributed by atoms with Gasteiger partial charge in [0.05, 0.1) is 0 Å². The molecule has 0 heterocycles. The van der Waals surface area contributed by atoms with Crippen LogP contribution >= 0.6 is 0 Å². The van der Waals surface area contributed by atoms with Crippen molar-refractivity contribution in [1.82, 2.24) is 0 Å². The van der Waals surface area contributed by atoms with Gasteiger partial charge in [-0.25, -0.2) is 0 Å². The fraction of sp³-hybridized carbons (Fsp3) is 0.500. The van der Waals surface area contributed by atoms with Gasteiger partial charge in [0.1, 0.15) is 18.5 Å². The maximum atomic E-state index is 9.70. The number of nitrogens with two attached hydrogens (primary N) is 1. The van der Waals surface area contributed by atoms with Gasteiger partial charge in [-0.2, -0.15) is 0 Å². The Balaban J connectivity index is 2.37. The molecular formula is C12H19NO2. The first kappa shape index (κ1) is 12.0. The van der Waals surface area contributed by atoms with Crippen LogP contribution in [0.2, 0.25) is 0 Å². The predicted octanol–water partition coefficient (Wildman–Crippen LogP) is 1.41. The molecule has 84 valence electrons. The highest BCUT2D eigenvalue weighted by atomic mass is 16.5. The summed E-state index contributed by atoms with van der Waals surface area (Å²) in [5.41, 5.74) is 5.79. The molecule has 1 rings (SSSR count). The molecule has 15 heavy (non-hydrogen) atoms. The van der Waals surface area contributed by atoms with Crippen LogP contribution in [-0.4, -0.2) is 23.9 Å². The Labute approximate surface area is 90.9 Å². The van der Waals surface area contributed by atoms with Gasteiger partial charge >= 0.3 is 0 Å². The molecule has 0 aliphatic heterocycles. The number of rotatable bonds is 5. The van der Waals surface area contributed by atoms with Gasteiger partial charge < -0.3 is 15.6 Å². The monoisotopic (exact) mass is 209 g/mol. The Bertz CT molecular complexity index is 274. The Morgan fingerprint density at radius 1 is 1.27 bits per heavy atom. The molecule has 0 aliphatic rings. The first-order valence-corrected chi connectivity index (χ1v) is 5.22. The van der Waals surface area contributed by atoms with Crippen molar-refractivity contribution in [2.45, 2.75) is 26.0 Å². The van der Waals surface area contributed by atoms with Crippen molar-refractivity contribution in [1.29, 1.82) is 0 Å². The van der Waals surface area contributed by atoms with Crippen LogP contribution in [0.4, 0.5) is 0 Å². The molecule has 0 bridgehead atoms. The zero-order chi connectivity index (χ0) is 11.3. The fourth-order valence-corrected chi connectivity index (χ4v) is 1.25. The minimum Gasteiger partial charge on any atom is -0.491 e. The largest absolute Gasteiger partial charge is 0.491 e. The first-order valence-electron chi connectivity index (χ1n) is 5.22. The van der Waals surface area contributed by atoms with Gasteiger partial charge in [0.2, 0.25) is 0 Å². The summed E-state index contributed by atoms with van der Waals surface area (Å²) in [6.07, 6.45) is -0.620. The molecule has 0 amide bonds. The van der Waals surface area contributed by atoms with E-state index in [-0.39, 0.29) is 18.6 Å². The Morgan fingerprint density at radius 3 is 2.40 bits per heavy atom. The van der Waals surface area contributed by atoms with E-state index in [1.54, 1.807) is 0 Å². The highest BCUT2D eigenvalue weighted by Gasteiger charge is 2.18. The molecule has 0 saturated carbocycles. The standard InChI is InChI=1S/C12H19NO2/c1-9(2)12(13)11(14)8-15-10-6-4-3-5-7-10/h3-7,9,11-12,14H,8,13H2,1-2H3. The molecule has 2 unspecified atom stereocenters. The van der Waals surface area contributed by atoms with E-state index in [0.717, 1.165) is 5.75 Å². The molecule has 1 aromatic carbocycles. The van der Waals surface area contributed by atoms with E-state index in [9.17, 15) is 5.11 Å². The van der Waals surface area contributed by atoms with Crippen LogP contribution in [0.3, 0.4) is 0 Å². The Kier molecular flexibility index (Phi) is 4.59. The van der Waals surface area contributed by atoms with Gasteiger partial charge in [-0.3, -0.25) is 0 Å². The van der Waals surface area contributed by atoms with E-state index < -0.39 is 6.10 Å². The number of aliphatic hydroxyl groups is 1. The maximum Gasteiger partial charge on any atom is 0.119 e. The third-order valence-corrected chi connectivity index (χ3v) is 2.38. The molecular weight excluding hydrogens is 190 g/mol. The van der Waals surface area contributed by atoms with Crippen molar-refractivity contribution in [3.8, 4) is 5.75 Å². The predicted molar refractivity (Wildman–Crippen MR) is 60.8 cm³/mol. The van der Waals surface area contributed by atoms with Crippen molar-refractivity contribution >= 4 is 0 Å².